The van der Waals surface area contributed by atoms with Gasteiger partial charge in [0.05, 0.1) is 19.4 Å². The van der Waals surface area contributed by atoms with Crippen LogP contribution in [0.1, 0.15) is 16.8 Å². The largest absolute Gasteiger partial charge is 0.497 e. The minimum Gasteiger partial charge on any atom is -0.497 e. The number of nitrogens with zero attached hydrogens (tertiary/aromatic N) is 1. The van der Waals surface area contributed by atoms with E-state index in [1.165, 1.54) is 10.9 Å². The molecule has 4 rings (SSSR count). The molecule has 1 amide bonds. The van der Waals surface area contributed by atoms with Crippen molar-refractivity contribution < 1.29 is 9.53 Å². The number of H-pyrrole nitrogens is 1. The molecule has 0 saturated carbocycles. The van der Waals surface area contributed by atoms with Crippen molar-refractivity contribution in [3.05, 3.63) is 65.4 Å². The summed E-state index contributed by atoms with van der Waals surface area (Å²) in [6.07, 6.45) is 2.26. The minimum atomic E-state index is -0.297. The zero-order chi connectivity index (χ0) is 17.9. The van der Waals surface area contributed by atoms with Gasteiger partial charge in [0, 0.05) is 23.1 Å². The average molecular weight is 348 g/mol. The molecule has 1 aromatic heterocycles. The van der Waals surface area contributed by atoms with Crippen LogP contribution in [0.4, 0.5) is 0 Å². The summed E-state index contributed by atoms with van der Waals surface area (Å²) in [4.78, 5) is 15.9. The normalized spacial score (nSPS) is 16.6. The number of aromatic amines is 1. The van der Waals surface area contributed by atoms with E-state index in [0.29, 0.717) is 13.0 Å². The van der Waals surface area contributed by atoms with E-state index >= 15 is 0 Å². The van der Waals surface area contributed by atoms with Crippen LogP contribution in [-0.4, -0.2) is 30.3 Å². The molecular formula is C20H20N4O2. The second-order valence-corrected chi connectivity index (χ2v) is 6.27. The van der Waals surface area contributed by atoms with Crippen LogP contribution in [-0.2, 0) is 17.8 Å². The zero-order valence-corrected chi connectivity index (χ0v) is 14.5. The van der Waals surface area contributed by atoms with E-state index in [-0.39, 0.29) is 11.9 Å². The maximum Gasteiger partial charge on any atom is 0.257 e. The lowest BCUT2D eigenvalue weighted by molar-refractivity contribution is -0.123. The molecular weight excluding hydrogens is 328 g/mol. The quantitative estimate of drug-likeness (QED) is 0.500. The van der Waals surface area contributed by atoms with E-state index in [1.807, 2.05) is 36.4 Å². The Balaban J connectivity index is 1.41. The summed E-state index contributed by atoms with van der Waals surface area (Å²) in [5.74, 6) is 0.651. The summed E-state index contributed by atoms with van der Waals surface area (Å²) in [7, 11) is 1.62. The van der Waals surface area contributed by atoms with Gasteiger partial charge in [-0.2, -0.15) is 5.10 Å². The number of rotatable bonds is 4. The van der Waals surface area contributed by atoms with Crippen LogP contribution in [0.3, 0.4) is 0 Å². The molecule has 0 fully saturated rings. The summed E-state index contributed by atoms with van der Waals surface area (Å²) in [5, 5.41) is 8.51. The number of carbonyl (C=O) groups is 1. The molecule has 3 aromatic rings. The van der Waals surface area contributed by atoms with Crippen LogP contribution >= 0.6 is 0 Å². The van der Waals surface area contributed by atoms with Crippen molar-refractivity contribution in [2.45, 2.75) is 19.0 Å². The lowest BCUT2D eigenvalue weighted by Crippen LogP contribution is -2.46. The number of para-hydroxylation sites is 1. The molecule has 0 aliphatic carbocycles. The molecule has 2 aromatic carbocycles. The predicted molar refractivity (Wildman–Crippen MR) is 101 cm³/mol. The molecule has 1 aliphatic heterocycles. The second kappa shape index (κ2) is 7.01. The monoisotopic (exact) mass is 348 g/mol. The van der Waals surface area contributed by atoms with E-state index in [0.717, 1.165) is 22.5 Å². The van der Waals surface area contributed by atoms with Gasteiger partial charge in [0.2, 0.25) is 0 Å². The van der Waals surface area contributed by atoms with Crippen molar-refractivity contribution in [2.24, 2.45) is 5.10 Å². The average Bonchev–Trinajstić information content (AvgIpc) is 3.06. The number of nitrogens with one attached hydrogen (secondary N) is 3. The van der Waals surface area contributed by atoms with Gasteiger partial charge in [-0.3, -0.25) is 10.1 Å². The van der Waals surface area contributed by atoms with Gasteiger partial charge in [0.15, 0.2) is 0 Å². The lowest BCUT2D eigenvalue weighted by Gasteiger charge is -2.22. The summed E-state index contributed by atoms with van der Waals surface area (Å²) in [6.45, 7) is 0.643. The Morgan fingerprint density at radius 2 is 2.04 bits per heavy atom. The van der Waals surface area contributed by atoms with Crippen LogP contribution in [0.5, 0.6) is 5.75 Å². The van der Waals surface area contributed by atoms with E-state index in [9.17, 15) is 4.79 Å². The Hall–Kier alpha value is -3.12. The highest BCUT2D eigenvalue weighted by atomic mass is 16.5. The minimum absolute atomic E-state index is 0.134. The Morgan fingerprint density at radius 3 is 2.85 bits per heavy atom. The van der Waals surface area contributed by atoms with Crippen molar-refractivity contribution >= 4 is 23.0 Å². The van der Waals surface area contributed by atoms with Crippen molar-refractivity contribution in [1.29, 1.82) is 0 Å². The Bertz CT molecular complexity index is 960. The molecule has 0 spiro atoms. The highest BCUT2D eigenvalue weighted by Gasteiger charge is 2.26. The number of carbonyl (C=O) groups excluding carboxylic acids is 1. The topological polar surface area (TPSA) is 78.5 Å². The van der Waals surface area contributed by atoms with Gasteiger partial charge in [-0.25, -0.2) is 5.43 Å². The number of methoxy groups -OCH3 is 1. The molecule has 0 bridgehead atoms. The van der Waals surface area contributed by atoms with E-state index in [1.54, 1.807) is 13.3 Å². The summed E-state index contributed by atoms with van der Waals surface area (Å²) in [5.41, 5.74) is 6.98. The maximum atomic E-state index is 12.4. The van der Waals surface area contributed by atoms with Gasteiger partial charge in [-0.05, 0) is 47.9 Å². The molecule has 26 heavy (non-hydrogen) atoms. The van der Waals surface area contributed by atoms with Gasteiger partial charge in [0.1, 0.15) is 5.75 Å². The lowest BCUT2D eigenvalue weighted by atomic mass is 9.98. The van der Waals surface area contributed by atoms with Crippen LogP contribution in [0.15, 0.2) is 53.6 Å². The molecule has 0 saturated heterocycles. The van der Waals surface area contributed by atoms with Crippen molar-refractivity contribution in [2.75, 3.05) is 7.11 Å². The maximum absolute atomic E-state index is 12.4. The number of hydrogen-bond donors (Lipinski definition) is 3. The van der Waals surface area contributed by atoms with Gasteiger partial charge in [-0.1, -0.05) is 18.2 Å². The molecule has 0 radical (unpaired) electrons. The first-order valence-electron chi connectivity index (χ1n) is 8.53. The van der Waals surface area contributed by atoms with E-state index in [2.05, 4.69) is 33.0 Å². The Kier molecular flexibility index (Phi) is 4.41. The van der Waals surface area contributed by atoms with Gasteiger partial charge < -0.3 is 9.72 Å². The molecule has 1 aliphatic rings. The molecule has 1 atom stereocenters. The standard InChI is InChI=1S/C20H20N4O2/c1-26-14-8-6-13(7-9-14)11-22-24-20(25)18-10-16-15-4-2-3-5-17(15)23-19(16)12-21-18/h2-9,11,18,21,23H,10,12H2,1H3,(H,24,25)/t18-/m0/s1. The Labute approximate surface area is 151 Å². The fraction of sp³-hybridized carbons (Fsp3) is 0.200. The molecule has 3 N–H and O–H groups in total. The third-order valence-corrected chi connectivity index (χ3v) is 4.66. The highest BCUT2D eigenvalue weighted by Crippen LogP contribution is 2.26. The first-order valence-corrected chi connectivity index (χ1v) is 8.53. The van der Waals surface area contributed by atoms with Gasteiger partial charge in [0.25, 0.3) is 5.91 Å². The molecule has 0 unspecified atom stereocenters. The van der Waals surface area contributed by atoms with Crippen LogP contribution < -0.4 is 15.5 Å². The smallest absolute Gasteiger partial charge is 0.257 e. The van der Waals surface area contributed by atoms with Crippen LogP contribution in [0.25, 0.3) is 10.9 Å². The first kappa shape index (κ1) is 16.4. The van der Waals surface area contributed by atoms with Gasteiger partial charge >= 0.3 is 0 Å². The predicted octanol–water partition coefficient (Wildman–Crippen LogP) is 2.34. The highest BCUT2D eigenvalue weighted by molar-refractivity contribution is 5.88. The molecule has 2 heterocycles. The SMILES string of the molecule is COc1ccc(C=NNC(=O)[C@@H]2Cc3c([nH]c4ccccc34)CN2)cc1. The van der Waals surface area contributed by atoms with Crippen molar-refractivity contribution in [3.63, 3.8) is 0 Å². The number of aromatic nitrogens is 1. The summed E-state index contributed by atoms with van der Waals surface area (Å²) < 4.78 is 5.12. The molecule has 6 nitrogen and oxygen atoms in total. The van der Waals surface area contributed by atoms with E-state index < -0.39 is 0 Å². The Morgan fingerprint density at radius 1 is 1.23 bits per heavy atom. The zero-order valence-electron chi connectivity index (χ0n) is 14.5. The van der Waals surface area contributed by atoms with Crippen molar-refractivity contribution in [1.82, 2.24) is 15.7 Å². The summed E-state index contributed by atoms with van der Waals surface area (Å²) in [6, 6.07) is 15.3. The fourth-order valence-electron chi connectivity index (χ4n) is 3.27. The van der Waals surface area contributed by atoms with Gasteiger partial charge in [-0.15, -0.1) is 0 Å². The van der Waals surface area contributed by atoms with Crippen LogP contribution in [0.2, 0.25) is 0 Å². The molecule has 6 heteroatoms. The molecule has 132 valence electrons. The van der Waals surface area contributed by atoms with E-state index in [4.69, 9.17) is 4.74 Å². The number of hydrazone groups is 1. The summed E-state index contributed by atoms with van der Waals surface area (Å²) >= 11 is 0. The fourth-order valence-corrected chi connectivity index (χ4v) is 3.27. The third kappa shape index (κ3) is 3.19. The van der Waals surface area contributed by atoms with Crippen molar-refractivity contribution in [3.8, 4) is 5.75 Å². The number of hydrogen-bond acceptors (Lipinski definition) is 4. The number of benzene rings is 2. The first-order chi connectivity index (χ1) is 12.7. The second-order valence-electron chi connectivity index (χ2n) is 6.27. The third-order valence-electron chi connectivity index (χ3n) is 4.66. The number of ether oxygens (including phenoxy) is 1. The van der Waals surface area contributed by atoms with Crippen LogP contribution in [0, 0.1) is 0 Å². The number of amides is 1. The number of fused-ring (bicyclic) bond motifs is 3.